The third-order valence-electron chi connectivity index (χ3n) is 7.93. The Labute approximate surface area is 250 Å². The quantitative estimate of drug-likeness (QED) is 0.263. The van der Waals surface area contributed by atoms with Crippen molar-refractivity contribution in [3.63, 3.8) is 0 Å². The van der Waals surface area contributed by atoms with Crippen molar-refractivity contribution >= 4 is 15.7 Å². The number of piperazine rings is 1. The van der Waals surface area contributed by atoms with Crippen molar-refractivity contribution < 1.29 is 22.6 Å². The molecule has 0 radical (unpaired) electrons. The Kier molecular flexibility index (Phi) is 10.9. The molecule has 1 unspecified atom stereocenters. The number of anilines is 1. The zero-order valence-corrected chi connectivity index (χ0v) is 25.4. The van der Waals surface area contributed by atoms with Crippen LogP contribution in [-0.4, -0.2) is 89.9 Å². The highest BCUT2D eigenvalue weighted by atomic mass is 32.2. The molecule has 5 rings (SSSR count). The molecule has 0 spiro atoms. The lowest BCUT2D eigenvalue weighted by Crippen LogP contribution is -2.49. The van der Waals surface area contributed by atoms with Gasteiger partial charge in [-0.15, -0.1) is 0 Å². The lowest BCUT2D eigenvalue weighted by molar-refractivity contribution is 0.0527. The number of unbranched alkanes of at least 4 members (excludes halogenated alkanes) is 1. The average Bonchev–Trinajstić information content (AvgIpc) is 3.05. The van der Waals surface area contributed by atoms with Gasteiger partial charge in [-0.05, 0) is 53.9 Å². The van der Waals surface area contributed by atoms with Gasteiger partial charge in [-0.25, -0.2) is 8.42 Å². The van der Waals surface area contributed by atoms with Gasteiger partial charge in [-0.3, -0.25) is 4.90 Å². The van der Waals surface area contributed by atoms with E-state index in [-0.39, 0.29) is 6.10 Å². The molecular formula is C33H43N3O5S. The van der Waals surface area contributed by atoms with E-state index in [0.29, 0.717) is 50.0 Å². The predicted molar refractivity (Wildman–Crippen MR) is 166 cm³/mol. The number of morpholine rings is 1. The van der Waals surface area contributed by atoms with Crippen LogP contribution in [0.1, 0.15) is 37.0 Å². The topological polar surface area (TPSA) is 71.6 Å². The van der Waals surface area contributed by atoms with E-state index in [1.807, 2.05) is 18.2 Å². The molecule has 2 heterocycles. The molecule has 8 nitrogen and oxygen atoms in total. The van der Waals surface area contributed by atoms with Crippen molar-refractivity contribution in [3.8, 4) is 5.75 Å². The van der Waals surface area contributed by atoms with E-state index in [2.05, 4.69) is 53.1 Å². The van der Waals surface area contributed by atoms with Gasteiger partial charge < -0.3 is 19.1 Å². The minimum absolute atomic E-state index is 0.166. The van der Waals surface area contributed by atoms with Gasteiger partial charge in [0, 0.05) is 51.5 Å². The third-order valence-corrected chi connectivity index (χ3v) is 9.84. The van der Waals surface area contributed by atoms with Gasteiger partial charge in [0.25, 0.3) is 0 Å². The van der Waals surface area contributed by atoms with Crippen LogP contribution in [0.15, 0.2) is 83.8 Å². The maximum atomic E-state index is 13.2. The first-order valence-corrected chi connectivity index (χ1v) is 16.5. The summed E-state index contributed by atoms with van der Waals surface area (Å²) in [7, 11) is -3.54. The first-order chi connectivity index (χ1) is 20.5. The van der Waals surface area contributed by atoms with Crippen LogP contribution in [0, 0.1) is 0 Å². The van der Waals surface area contributed by atoms with Crippen molar-refractivity contribution in [3.05, 3.63) is 90.0 Å². The summed E-state index contributed by atoms with van der Waals surface area (Å²) in [5.41, 5.74) is 3.45. The molecule has 2 aliphatic heterocycles. The van der Waals surface area contributed by atoms with Crippen LogP contribution >= 0.6 is 0 Å². The fourth-order valence-corrected chi connectivity index (χ4v) is 6.80. The van der Waals surface area contributed by atoms with E-state index in [1.54, 1.807) is 28.6 Å². The Bertz CT molecular complexity index is 1320. The van der Waals surface area contributed by atoms with Crippen LogP contribution in [0.5, 0.6) is 5.75 Å². The first-order valence-electron chi connectivity index (χ1n) is 15.1. The van der Waals surface area contributed by atoms with Gasteiger partial charge in [0.15, 0.2) is 0 Å². The minimum Gasteiger partial charge on any atom is -0.494 e. The van der Waals surface area contributed by atoms with E-state index in [9.17, 15) is 8.42 Å². The summed E-state index contributed by atoms with van der Waals surface area (Å²) in [6, 6.07) is 25.8. The monoisotopic (exact) mass is 593 g/mol. The Morgan fingerprint density at radius 2 is 1.45 bits per heavy atom. The Hall–Kier alpha value is -2.95. The molecule has 1 atom stereocenters. The van der Waals surface area contributed by atoms with E-state index in [4.69, 9.17) is 14.2 Å². The second kappa shape index (κ2) is 15.0. The molecule has 226 valence electrons. The van der Waals surface area contributed by atoms with Crippen LogP contribution in [0.2, 0.25) is 0 Å². The third kappa shape index (κ3) is 7.90. The molecule has 3 aromatic rings. The largest absolute Gasteiger partial charge is 0.494 e. The fourth-order valence-electron chi connectivity index (χ4n) is 5.38. The van der Waals surface area contributed by atoms with E-state index in [0.717, 1.165) is 56.8 Å². The number of ether oxygens (including phenoxy) is 3. The fraction of sp³-hybridized carbons (Fsp3) is 0.455. The summed E-state index contributed by atoms with van der Waals surface area (Å²) in [6.45, 7) is 9.66. The first kappa shape index (κ1) is 30.5. The maximum Gasteiger partial charge on any atom is 0.243 e. The molecule has 0 amide bonds. The van der Waals surface area contributed by atoms with Gasteiger partial charge in [0.2, 0.25) is 10.0 Å². The van der Waals surface area contributed by atoms with Crippen LogP contribution in [0.25, 0.3) is 0 Å². The summed E-state index contributed by atoms with van der Waals surface area (Å²) in [5, 5.41) is 0. The minimum atomic E-state index is -3.54. The van der Waals surface area contributed by atoms with Gasteiger partial charge in [0.05, 0.1) is 31.3 Å². The van der Waals surface area contributed by atoms with Gasteiger partial charge in [-0.1, -0.05) is 55.8 Å². The molecule has 0 aliphatic carbocycles. The molecule has 0 N–H and O–H groups in total. The van der Waals surface area contributed by atoms with Crippen LogP contribution in [0.3, 0.4) is 0 Å². The van der Waals surface area contributed by atoms with Gasteiger partial charge in [-0.2, -0.15) is 4.31 Å². The second-order valence-corrected chi connectivity index (χ2v) is 12.7. The summed E-state index contributed by atoms with van der Waals surface area (Å²) in [6.07, 6.45) is 1.87. The molecule has 0 bridgehead atoms. The number of rotatable bonds is 13. The molecule has 2 saturated heterocycles. The number of hydrogen-bond donors (Lipinski definition) is 0. The summed E-state index contributed by atoms with van der Waals surface area (Å²) >= 11 is 0. The van der Waals surface area contributed by atoms with Crippen molar-refractivity contribution in [2.75, 3.05) is 77.1 Å². The standard InChI is InChI=1S/C33H43N3O5S/c1-2-3-24-40-31-13-15-32(16-14-31)42(37,38)36-19-17-34(18-20-36)21-27-41-33(28-7-5-4-6-8-28)29-9-11-30(12-10-29)35-22-25-39-26-23-35/h4-16,33H,2-3,17-27H2,1H3. The average molecular weight is 594 g/mol. The lowest BCUT2D eigenvalue weighted by atomic mass is 10.0. The summed E-state index contributed by atoms with van der Waals surface area (Å²) in [5.74, 6) is 0.703. The predicted octanol–water partition coefficient (Wildman–Crippen LogP) is 4.81. The van der Waals surface area contributed by atoms with E-state index < -0.39 is 10.0 Å². The number of benzene rings is 3. The smallest absolute Gasteiger partial charge is 0.243 e. The second-order valence-electron chi connectivity index (χ2n) is 10.8. The van der Waals surface area contributed by atoms with Crippen molar-refractivity contribution in [2.24, 2.45) is 0 Å². The van der Waals surface area contributed by atoms with Crippen molar-refractivity contribution in [1.82, 2.24) is 9.21 Å². The Morgan fingerprint density at radius 3 is 2.12 bits per heavy atom. The van der Waals surface area contributed by atoms with Gasteiger partial charge >= 0.3 is 0 Å². The van der Waals surface area contributed by atoms with E-state index in [1.165, 1.54) is 5.69 Å². The zero-order valence-electron chi connectivity index (χ0n) is 24.6. The number of hydrogen-bond acceptors (Lipinski definition) is 7. The van der Waals surface area contributed by atoms with Crippen molar-refractivity contribution in [2.45, 2.75) is 30.8 Å². The normalized spacial score (nSPS) is 17.7. The molecule has 42 heavy (non-hydrogen) atoms. The van der Waals surface area contributed by atoms with Crippen molar-refractivity contribution in [1.29, 1.82) is 0 Å². The molecule has 0 saturated carbocycles. The van der Waals surface area contributed by atoms with Crippen LogP contribution in [-0.2, 0) is 19.5 Å². The maximum absolute atomic E-state index is 13.2. The Morgan fingerprint density at radius 1 is 0.786 bits per heavy atom. The lowest BCUT2D eigenvalue weighted by Gasteiger charge is -2.34. The molecule has 2 aliphatic rings. The number of nitrogens with zero attached hydrogens (tertiary/aromatic N) is 3. The molecule has 0 aromatic heterocycles. The zero-order chi connectivity index (χ0) is 29.2. The van der Waals surface area contributed by atoms with Crippen LogP contribution in [0.4, 0.5) is 5.69 Å². The highest BCUT2D eigenvalue weighted by Gasteiger charge is 2.28. The number of sulfonamides is 1. The summed E-state index contributed by atoms with van der Waals surface area (Å²) < 4.78 is 45.7. The molecular weight excluding hydrogens is 550 g/mol. The van der Waals surface area contributed by atoms with E-state index >= 15 is 0 Å². The molecule has 2 fully saturated rings. The van der Waals surface area contributed by atoms with Gasteiger partial charge in [0.1, 0.15) is 11.9 Å². The highest BCUT2D eigenvalue weighted by molar-refractivity contribution is 7.89. The Balaban J connectivity index is 1.13. The van der Waals surface area contributed by atoms with Crippen LogP contribution < -0.4 is 9.64 Å². The summed E-state index contributed by atoms with van der Waals surface area (Å²) in [4.78, 5) is 4.94. The molecule has 9 heteroatoms. The molecule has 3 aromatic carbocycles. The SMILES string of the molecule is CCCCOc1ccc(S(=O)(=O)N2CCN(CCOC(c3ccccc3)c3ccc(N4CCOCC4)cc3)CC2)cc1. The highest BCUT2D eigenvalue weighted by Crippen LogP contribution is 2.28.